The van der Waals surface area contributed by atoms with E-state index < -0.39 is 0 Å². The number of benzene rings is 1. The molecule has 2 N–H and O–H groups in total. The summed E-state index contributed by atoms with van der Waals surface area (Å²) in [6, 6.07) is 8.15. The van der Waals surface area contributed by atoms with E-state index in [4.69, 9.17) is 5.73 Å². The van der Waals surface area contributed by atoms with Crippen molar-refractivity contribution in [1.29, 1.82) is 0 Å². The first kappa shape index (κ1) is 11.9. The van der Waals surface area contributed by atoms with Crippen molar-refractivity contribution in [3.8, 4) is 0 Å². The first-order chi connectivity index (χ1) is 7.58. The van der Waals surface area contributed by atoms with Crippen molar-refractivity contribution in [2.24, 2.45) is 0 Å². The monoisotopic (exact) mass is 391 g/mol. The topological polar surface area (TPSA) is 43.8 Å². The minimum atomic E-state index is 0.703. The van der Waals surface area contributed by atoms with E-state index in [2.05, 4.69) is 55.8 Å². The molecule has 0 spiro atoms. The molecule has 0 fully saturated rings. The number of nitrogen functional groups attached to an aromatic ring is 1. The number of halogens is 2. The minimum Gasteiger partial charge on any atom is -0.383 e. The van der Waals surface area contributed by atoms with E-state index in [9.17, 15) is 0 Å². The van der Waals surface area contributed by atoms with E-state index in [-0.39, 0.29) is 0 Å². The zero-order valence-electron chi connectivity index (χ0n) is 8.74. The molecular weight excluding hydrogens is 381 g/mol. The quantitative estimate of drug-likeness (QED) is 0.799. The maximum Gasteiger partial charge on any atom is 0.135 e. The van der Waals surface area contributed by atoms with Crippen LogP contribution in [0.25, 0.3) is 0 Å². The SMILES string of the molecule is Cc1nn(Cc2cccc(Br)c2)c(N)c1I. The molecule has 0 aliphatic heterocycles. The smallest absolute Gasteiger partial charge is 0.135 e. The first-order valence-corrected chi connectivity index (χ1v) is 6.68. The normalized spacial score (nSPS) is 10.7. The predicted octanol–water partition coefficient (Wildman–Crippen LogP) is 3.19. The highest BCUT2D eigenvalue weighted by atomic mass is 127. The molecular formula is C11H11BrIN3. The predicted molar refractivity (Wildman–Crippen MR) is 77.3 cm³/mol. The number of rotatable bonds is 2. The van der Waals surface area contributed by atoms with Gasteiger partial charge in [-0.15, -0.1) is 0 Å². The van der Waals surface area contributed by atoms with Crippen LogP contribution >= 0.6 is 38.5 Å². The molecule has 0 aliphatic rings. The summed E-state index contributed by atoms with van der Waals surface area (Å²) in [6.07, 6.45) is 0. The Kier molecular flexibility index (Phi) is 3.53. The van der Waals surface area contributed by atoms with Crippen LogP contribution in [0.4, 0.5) is 5.82 Å². The van der Waals surface area contributed by atoms with Gasteiger partial charge >= 0.3 is 0 Å². The van der Waals surface area contributed by atoms with Gasteiger partial charge in [0.2, 0.25) is 0 Å². The van der Waals surface area contributed by atoms with Crippen molar-refractivity contribution in [3.63, 3.8) is 0 Å². The van der Waals surface area contributed by atoms with Crippen molar-refractivity contribution in [2.75, 3.05) is 5.73 Å². The summed E-state index contributed by atoms with van der Waals surface area (Å²) in [4.78, 5) is 0. The molecule has 3 nitrogen and oxygen atoms in total. The lowest BCUT2D eigenvalue weighted by Gasteiger charge is -2.04. The zero-order chi connectivity index (χ0) is 11.7. The second kappa shape index (κ2) is 4.75. The van der Waals surface area contributed by atoms with Crippen molar-refractivity contribution in [3.05, 3.63) is 43.6 Å². The Balaban J connectivity index is 2.30. The van der Waals surface area contributed by atoms with Gasteiger partial charge < -0.3 is 5.73 Å². The van der Waals surface area contributed by atoms with E-state index in [0.29, 0.717) is 6.54 Å². The van der Waals surface area contributed by atoms with Gasteiger partial charge in [0.05, 0.1) is 15.8 Å². The highest BCUT2D eigenvalue weighted by Crippen LogP contribution is 2.20. The third-order valence-electron chi connectivity index (χ3n) is 2.31. The van der Waals surface area contributed by atoms with Gasteiger partial charge in [0.15, 0.2) is 0 Å². The molecule has 1 aromatic carbocycles. The number of nitrogens with zero attached hydrogens (tertiary/aromatic N) is 2. The molecule has 0 unspecified atom stereocenters. The fourth-order valence-corrected chi connectivity index (χ4v) is 2.34. The maximum atomic E-state index is 5.97. The maximum absolute atomic E-state index is 5.97. The minimum absolute atomic E-state index is 0.703. The Hall–Kier alpha value is -0.560. The summed E-state index contributed by atoms with van der Waals surface area (Å²) in [5.74, 6) is 0.734. The molecule has 0 radical (unpaired) electrons. The summed E-state index contributed by atoms with van der Waals surface area (Å²) >= 11 is 5.67. The molecule has 16 heavy (non-hydrogen) atoms. The van der Waals surface area contributed by atoms with Crippen LogP contribution in [0.2, 0.25) is 0 Å². The molecule has 0 bridgehead atoms. The third kappa shape index (κ3) is 2.40. The molecule has 1 aromatic heterocycles. The fourth-order valence-electron chi connectivity index (χ4n) is 1.51. The standard InChI is InChI=1S/C11H11BrIN3/c1-7-10(13)11(14)16(15-7)6-8-3-2-4-9(12)5-8/h2-5H,6,14H2,1H3. The molecule has 0 amide bonds. The van der Waals surface area contributed by atoms with Gasteiger partial charge in [-0.1, -0.05) is 28.1 Å². The van der Waals surface area contributed by atoms with E-state index >= 15 is 0 Å². The molecule has 1 heterocycles. The van der Waals surface area contributed by atoms with E-state index in [1.165, 1.54) is 5.56 Å². The number of hydrogen-bond acceptors (Lipinski definition) is 2. The van der Waals surface area contributed by atoms with Gasteiger partial charge in [0, 0.05) is 4.47 Å². The summed E-state index contributed by atoms with van der Waals surface area (Å²) in [7, 11) is 0. The molecule has 0 saturated carbocycles. The van der Waals surface area contributed by atoms with Crippen LogP contribution in [0, 0.1) is 10.5 Å². The summed E-state index contributed by atoms with van der Waals surface area (Å²) in [5.41, 5.74) is 8.13. The van der Waals surface area contributed by atoms with Crippen molar-refractivity contribution in [2.45, 2.75) is 13.5 Å². The second-order valence-corrected chi connectivity index (χ2v) is 5.57. The summed E-state index contributed by atoms with van der Waals surface area (Å²) in [5, 5.41) is 4.40. The highest BCUT2D eigenvalue weighted by Gasteiger charge is 2.09. The average molecular weight is 392 g/mol. The van der Waals surface area contributed by atoms with Gasteiger partial charge in [-0.2, -0.15) is 5.10 Å². The number of aromatic nitrogens is 2. The first-order valence-electron chi connectivity index (χ1n) is 4.81. The van der Waals surface area contributed by atoms with Crippen molar-refractivity contribution < 1.29 is 0 Å². The highest BCUT2D eigenvalue weighted by molar-refractivity contribution is 14.1. The van der Waals surface area contributed by atoms with Crippen molar-refractivity contribution in [1.82, 2.24) is 9.78 Å². The average Bonchev–Trinajstić information content (AvgIpc) is 2.47. The molecule has 2 aromatic rings. The van der Waals surface area contributed by atoms with E-state index in [0.717, 1.165) is 19.6 Å². The van der Waals surface area contributed by atoms with Gasteiger partial charge in [0.25, 0.3) is 0 Å². The van der Waals surface area contributed by atoms with Crippen LogP contribution in [-0.2, 0) is 6.54 Å². The zero-order valence-corrected chi connectivity index (χ0v) is 12.5. The molecule has 5 heteroatoms. The Bertz CT molecular complexity index is 522. The summed E-state index contributed by atoms with van der Waals surface area (Å²) < 4.78 is 3.94. The Morgan fingerprint density at radius 1 is 1.50 bits per heavy atom. The number of anilines is 1. The lowest BCUT2D eigenvalue weighted by Crippen LogP contribution is -2.06. The molecule has 84 valence electrons. The Labute approximate surface area is 116 Å². The summed E-state index contributed by atoms with van der Waals surface area (Å²) in [6.45, 7) is 2.67. The lowest BCUT2D eigenvalue weighted by molar-refractivity contribution is 0.689. The van der Waals surface area contributed by atoms with Crippen LogP contribution in [0.15, 0.2) is 28.7 Å². The van der Waals surface area contributed by atoms with Gasteiger partial charge in [-0.25, -0.2) is 4.68 Å². The molecule has 0 atom stereocenters. The van der Waals surface area contributed by atoms with Crippen LogP contribution in [0.5, 0.6) is 0 Å². The largest absolute Gasteiger partial charge is 0.383 e. The van der Waals surface area contributed by atoms with Crippen LogP contribution in [0.1, 0.15) is 11.3 Å². The Morgan fingerprint density at radius 2 is 2.25 bits per heavy atom. The van der Waals surface area contributed by atoms with Gasteiger partial charge in [-0.3, -0.25) is 0 Å². The lowest BCUT2D eigenvalue weighted by atomic mass is 10.2. The molecule has 0 aliphatic carbocycles. The van der Waals surface area contributed by atoms with Gasteiger partial charge in [-0.05, 0) is 47.2 Å². The third-order valence-corrected chi connectivity index (χ3v) is 4.14. The van der Waals surface area contributed by atoms with Gasteiger partial charge in [0.1, 0.15) is 5.82 Å². The number of aryl methyl sites for hydroxylation is 1. The van der Waals surface area contributed by atoms with Crippen LogP contribution < -0.4 is 5.73 Å². The van der Waals surface area contributed by atoms with E-state index in [1.807, 2.05) is 23.7 Å². The second-order valence-electron chi connectivity index (χ2n) is 3.57. The Morgan fingerprint density at radius 3 is 2.81 bits per heavy atom. The molecule has 2 rings (SSSR count). The van der Waals surface area contributed by atoms with Crippen LogP contribution in [0.3, 0.4) is 0 Å². The number of nitrogens with two attached hydrogens (primary N) is 1. The van der Waals surface area contributed by atoms with Crippen molar-refractivity contribution >= 4 is 44.3 Å². The number of hydrogen-bond donors (Lipinski definition) is 1. The fraction of sp³-hybridized carbons (Fsp3) is 0.182. The van der Waals surface area contributed by atoms with Crippen LogP contribution in [-0.4, -0.2) is 9.78 Å². The van der Waals surface area contributed by atoms with E-state index in [1.54, 1.807) is 0 Å². The molecule has 0 saturated heterocycles.